The van der Waals surface area contributed by atoms with Crippen LogP contribution in [0.2, 0.25) is 0 Å². The third kappa shape index (κ3) is 4.56. The van der Waals surface area contributed by atoms with Crippen molar-refractivity contribution in [3.63, 3.8) is 0 Å². The third-order valence-electron chi connectivity index (χ3n) is 3.78. The predicted octanol–water partition coefficient (Wildman–Crippen LogP) is 3.35. The number of benzene rings is 2. The predicted molar refractivity (Wildman–Crippen MR) is 102 cm³/mol. The molecule has 0 atom stereocenters. The molecule has 3 aromatic rings. The minimum Gasteiger partial charge on any atom is -0.491 e. The Morgan fingerprint density at radius 2 is 1.89 bits per heavy atom. The van der Waals surface area contributed by atoms with E-state index in [1.165, 1.54) is 12.3 Å². The van der Waals surface area contributed by atoms with Crippen LogP contribution in [0.25, 0.3) is 5.69 Å². The minimum absolute atomic E-state index is 0.0745. The van der Waals surface area contributed by atoms with Crippen LogP contribution in [-0.2, 0) is 4.79 Å². The summed E-state index contributed by atoms with van der Waals surface area (Å²) in [7, 11) is 0. The maximum absolute atomic E-state index is 13.1. The van der Waals surface area contributed by atoms with Crippen LogP contribution in [0.3, 0.4) is 0 Å². The lowest BCUT2D eigenvalue weighted by Crippen LogP contribution is -2.13. The van der Waals surface area contributed by atoms with Gasteiger partial charge in [0.05, 0.1) is 29.1 Å². The van der Waals surface area contributed by atoms with Crippen molar-refractivity contribution >= 4 is 11.8 Å². The van der Waals surface area contributed by atoms with Gasteiger partial charge >= 0.3 is 5.97 Å². The maximum Gasteiger partial charge on any atom is 0.341 e. The smallest absolute Gasteiger partial charge is 0.341 e. The van der Waals surface area contributed by atoms with Gasteiger partial charge in [0.15, 0.2) is 12.4 Å². The van der Waals surface area contributed by atoms with Crippen molar-refractivity contribution in [2.24, 2.45) is 0 Å². The number of para-hydroxylation sites is 1. The van der Waals surface area contributed by atoms with E-state index in [0.717, 1.165) is 5.69 Å². The standard InChI is InChI=1S/C21H20N2O5/c1-14(2)28-17-8-9-19(27-13-20(24)25)18(10-17)21(26)15-11-22-23(12-15)16-6-4-3-5-7-16/h3-12,14H,13H2,1-2H3,(H,24,25). The number of carboxylic acids is 1. The molecular formula is C21H20N2O5. The van der Waals surface area contributed by atoms with E-state index in [1.54, 1.807) is 23.0 Å². The Balaban J connectivity index is 1.94. The van der Waals surface area contributed by atoms with E-state index < -0.39 is 12.6 Å². The molecule has 0 amide bonds. The van der Waals surface area contributed by atoms with Gasteiger partial charge in [0, 0.05) is 6.20 Å². The second-order valence-electron chi connectivity index (χ2n) is 6.35. The van der Waals surface area contributed by atoms with Gasteiger partial charge < -0.3 is 14.6 Å². The highest BCUT2D eigenvalue weighted by Gasteiger charge is 2.19. The molecule has 0 saturated carbocycles. The maximum atomic E-state index is 13.1. The summed E-state index contributed by atoms with van der Waals surface area (Å²) in [6, 6.07) is 14.1. The third-order valence-corrected chi connectivity index (χ3v) is 3.78. The second kappa shape index (κ2) is 8.39. The number of carbonyl (C=O) groups excluding carboxylic acids is 1. The largest absolute Gasteiger partial charge is 0.491 e. The van der Waals surface area contributed by atoms with Crippen molar-refractivity contribution in [3.8, 4) is 17.2 Å². The first-order valence-corrected chi connectivity index (χ1v) is 8.74. The highest BCUT2D eigenvalue weighted by atomic mass is 16.5. The fraction of sp³-hybridized carbons (Fsp3) is 0.190. The van der Waals surface area contributed by atoms with Crippen molar-refractivity contribution in [1.29, 1.82) is 0 Å². The molecule has 0 bridgehead atoms. The second-order valence-corrected chi connectivity index (χ2v) is 6.35. The fourth-order valence-electron chi connectivity index (χ4n) is 2.61. The van der Waals surface area contributed by atoms with Crippen LogP contribution in [0.15, 0.2) is 60.9 Å². The lowest BCUT2D eigenvalue weighted by Gasteiger charge is -2.13. The molecule has 0 spiro atoms. The summed E-state index contributed by atoms with van der Waals surface area (Å²) < 4.78 is 12.5. The van der Waals surface area contributed by atoms with Crippen molar-refractivity contribution in [1.82, 2.24) is 9.78 Å². The molecule has 1 N–H and O–H groups in total. The van der Waals surface area contributed by atoms with Crippen LogP contribution in [0.5, 0.6) is 11.5 Å². The average Bonchev–Trinajstić information content (AvgIpc) is 3.16. The van der Waals surface area contributed by atoms with Gasteiger partial charge in [-0.2, -0.15) is 5.10 Å². The Labute approximate surface area is 162 Å². The molecular weight excluding hydrogens is 360 g/mol. The quantitative estimate of drug-likeness (QED) is 0.603. The Kier molecular flexibility index (Phi) is 5.74. The number of rotatable bonds is 8. The molecule has 0 saturated heterocycles. The van der Waals surface area contributed by atoms with Gasteiger partial charge in [0.25, 0.3) is 0 Å². The molecule has 1 heterocycles. The first-order valence-electron chi connectivity index (χ1n) is 8.74. The fourth-order valence-corrected chi connectivity index (χ4v) is 2.61. The van der Waals surface area contributed by atoms with E-state index in [9.17, 15) is 9.59 Å². The molecule has 7 heteroatoms. The monoisotopic (exact) mass is 380 g/mol. The van der Waals surface area contributed by atoms with Crippen LogP contribution in [0.4, 0.5) is 0 Å². The van der Waals surface area contributed by atoms with E-state index >= 15 is 0 Å². The van der Waals surface area contributed by atoms with Crippen LogP contribution in [-0.4, -0.2) is 39.4 Å². The Hall–Kier alpha value is -3.61. The van der Waals surface area contributed by atoms with Gasteiger partial charge in [-0.25, -0.2) is 9.48 Å². The Bertz CT molecular complexity index is 979. The lowest BCUT2D eigenvalue weighted by atomic mass is 10.0. The SMILES string of the molecule is CC(C)Oc1ccc(OCC(=O)O)c(C(=O)c2cnn(-c3ccccc3)c2)c1. The van der Waals surface area contributed by atoms with Gasteiger partial charge in [-0.15, -0.1) is 0 Å². The molecule has 7 nitrogen and oxygen atoms in total. The summed E-state index contributed by atoms with van der Waals surface area (Å²) in [5.74, 6) is -0.790. The summed E-state index contributed by atoms with van der Waals surface area (Å²) in [6.45, 7) is 3.20. The van der Waals surface area contributed by atoms with E-state index in [2.05, 4.69) is 5.10 Å². The molecule has 0 fully saturated rings. The van der Waals surface area contributed by atoms with Crippen molar-refractivity contribution in [3.05, 3.63) is 72.1 Å². The zero-order chi connectivity index (χ0) is 20.1. The number of hydrogen-bond acceptors (Lipinski definition) is 5. The number of carbonyl (C=O) groups is 2. The first-order chi connectivity index (χ1) is 13.4. The Morgan fingerprint density at radius 1 is 1.14 bits per heavy atom. The molecule has 0 aliphatic rings. The number of nitrogens with zero attached hydrogens (tertiary/aromatic N) is 2. The molecule has 0 aliphatic carbocycles. The van der Waals surface area contributed by atoms with E-state index in [-0.39, 0.29) is 23.2 Å². The van der Waals surface area contributed by atoms with Crippen molar-refractivity contribution < 1.29 is 24.2 Å². The van der Waals surface area contributed by atoms with Crippen molar-refractivity contribution in [2.75, 3.05) is 6.61 Å². The zero-order valence-corrected chi connectivity index (χ0v) is 15.5. The topological polar surface area (TPSA) is 90.7 Å². The first kappa shape index (κ1) is 19.2. The molecule has 1 aromatic heterocycles. The van der Waals surface area contributed by atoms with E-state index in [1.807, 2.05) is 44.2 Å². The number of carboxylic acid groups (broad SMARTS) is 1. The number of hydrogen-bond donors (Lipinski definition) is 1. The van der Waals surface area contributed by atoms with Crippen LogP contribution < -0.4 is 9.47 Å². The van der Waals surface area contributed by atoms with Crippen LogP contribution >= 0.6 is 0 Å². The molecule has 0 aliphatic heterocycles. The normalized spacial score (nSPS) is 10.7. The number of ketones is 1. The van der Waals surface area contributed by atoms with Gasteiger partial charge in [-0.05, 0) is 44.2 Å². The number of aliphatic carboxylic acids is 1. The van der Waals surface area contributed by atoms with E-state index in [4.69, 9.17) is 14.6 Å². The molecule has 3 rings (SSSR count). The average molecular weight is 380 g/mol. The highest BCUT2D eigenvalue weighted by molar-refractivity contribution is 6.10. The summed E-state index contributed by atoms with van der Waals surface area (Å²) in [6.07, 6.45) is 3.01. The molecule has 0 unspecified atom stereocenters. The summed E-state index contributed by atoms with van der Waals surface area (Å²) >= 11 is 0. The van der Waals surface area contributed by atoms with E-state index in [0.29, 0.717) is 11.3 Å². The number of aromatic nitrogens is 2. The van der Waals surface area contributed by atoms with Crippen LogP contribution in [0, 0.1) is 0 Å². The van der Waals surface area contributed by atoms with Gasteiger partial charge in [-0.1, -0.05) is 18.2 Å². The summed E-state index contributed by atoms with van der Waals surface area (Å²) in [5, 5.41) is 13.1. The van der Waals surface area contributed by atoms with Crippen molar-refractivity contribution in [2.45, 2.75) is 20.0 Å². The van der Waals surface area contributed by atoms with Gasteiger partial charge in [0.2, 0.25) is 0 Å². The molecule has 28 heavy (non-hydrogen) atoms. The summed E-state index contributed by atoms with van der Waals surface area (Å²) in [4.78, 5) is 23.9. The molecule has 0 radical (unpaired) electrons. The molecule has 144 valence electrons. The number of ether oxygens (including phenoxy) is 2. The highest BCUT2D eigenvalue weighted by Crippen LogP contribution is 2.27. The van der Waals surface area contributed by atoms with Crippen LogP contribution in [0.1, 0.15) is 29.8 Å². The minimum atomic E-state index is -1.13. The zero-order valence-electron chi connectivity index (χ0n) is 15.5. The molecule has 2 aromatic carbocycles. The van der Waals surface area contributed by atoms with Gasteiger partial charge in [-0.3, -0.25) is 4.79 Å². The van der Waals surface area contributed by atoms with Gasteiger partial charge in [0.1, 0.15) is 11.5 Å². The summed E-state index contributed by atoms with van der Waals surface area (Å²) in [5.41, 5.74) is 1.39. The Morgan fingerprint density at radius 3 is 2.57 bits per heavy atom. The lowest BCUT2D eigenvalue weighted by molar-refractivity contribution is -0.139.